The predicted molar refractivity (Wildman–Crippen MR) is 105 cm³/mol. The third-order valence-corrected chi connectivity index (χ3v) is 6.04. The van der Waals surface area contributed by atoms with E-state index in [1.165, 1.54) is 11.3 Å². The van der Waals surface area contributed by atoms with Crippen molar-refractivity contribution in [3.8, 4) is 0 Å². The number of aryl methyl sites for hydroxylation is 1. The van der Waals surface area contributed by atoms with Gasteiger partial charge in [0, 0.05) is 46.4 Å². The van der Waals surface area contributed by atoms with Crippen LogP contribution in [0.4, 0.5) is 5.82 Å². The summed E-state index contributed by atoms with van der Waals surface area (Å²) in [5.41, 5.74) is 0.975. The molecule has 0 aliphatic carbocycles. The van der Waals surface area contributed by atoms with Crippen LogP contribution < -0.4 is 10.2 Å². The van der Waals surface area contributed by atoms with Crippen LogP contribution in [0.3, 0.4) is 0 Å². The molecule has 1 aliphatic rings. The van der Waals surface area contributed by atoms with Crippen LogP contribution in [0, 0.1) is 6.92 Å². The van der Waals surface area contributed by atoms with Crippen LogP contribution in [0.5, 0.6) is 0 Å². The average Bonchev–Trinajstić information content (AvgIpc) is 3.02. The highest BCUT2D eigenvalue weighted by Gasteiger charge is 2.23. The van der Waals surface area contributed by atoms with Crippen molar-refractivity contribution in [1.82, 2.24) is 20.2 Å². The number of thiophene rings is 1. The zero-order valence-electron chi connectivity index (χ0n) is 15.7. The summed E-state index contributed by atoms with van der Waals surface area (Å²) in [7, 11) is 1.67. The van der Waals surface area contributed by atoms with E-state index >= 15 is 0 Å². The zero-order chi connectivity index (χ0) is 18.5. The van der Waals surface area contributed by atoms with E-state index in [0.717, 1.165) is 65.6 Å². The summed E-state index contributed by atoms with van der Waals surface area (Å²) >= 11 is 1.45. The quantitative estimate of drug-likeness (QED) is 0.744. The molecule has 0 saturated carbocycles. The third kappa shape index (κ3) is 3.97. The Kier molecular flexibility index (Phi) is 6.39. The molecule has 3 heterocycles. The van der Waals surface area contributed by atoms with E-state index in [1.54, 1.807) is 13.4 Å². The standard InChI is InChI=1S/C18H27N5O2S/c1-4-22-7-9-23(10-8-22)16-14-13(2)15(26-18(14)21-12-20-16)17(24)19-6-5-11-25-3/h12H,4-11H2,1-3H3,(H,19,24). The summed E-state index contributed by atoms with van der Waals surface area (Å²) in [6.45, 7) is 10.5. The van der Waals surface area contributed by atoms with Gasteiger partial charge in [-0.3, -0.25) is 4.79 Å². The van der Waals surface area contributed by atoms with Gasteiger partial charge in [-0.2, -0.15) is 0 Å². The number of likely N-dealkylation sites (N-methyl/N-ethyl adjacent to an activating group) is 1. The number of fused-ring (bicyclic) bond motifs is 1. The number of piperazine rings is 1. The lowest BCUT2D eigenvalue weighted by molar-refractivity contribution is 0.0952. The number of carbonyl (C=O) groups excluding carboxylic acids is 1. The first-order valence-corrected chi connectivity index (χ1v) is 9.95. The molecule has 0 spiro atoms. The van der Waals surface area contributed by atoms with Gasteiger partial charge in [-0.15, -0.1) is 11.3 Å². The van der Waals surface area contributed by atoms with Crippen LogP contribution in [-0.2, 0) is 4.74 Å². The van der Waals surface area contributed by atoms with Crippen LogP contribution >= 0.6 is 11.3 Å². The van der Waals surface area contributed by atoms with Crippen molar-refractivity contribution in [2.24, 2.45) is 0 Å². The SMILES string of the molecule is CCN1CCN(c2ncnc3sc(C(=O)NCCCOC)c(C)c23)CC1. The normalized spacial score (nSPS) is 15.6. The molecule has 3 rings (SSSR count). The summed E-state index contributed by atoms with van der Waals surface area (Å²) in [4.78, 5) is 27.9. The van der Waals surface area contributed by atoms with E-state index in [4.69, 9.17) is 4.74 Å². The molecule has 2 aromatic heterocycles. The summed E-state index contributed by atoms with van der Waals surface area (Å²) in [6.07, 6.45) is 2.42. The lowest BCUT2D eigenvalue weighted by Crippen LogP contribution is -2.46. The number of methoxy groups -OCH3 is 1. The number of aromatic nitrogens is 2. The maximum Gasteiger partial charge on any atom is 0.261 e. The van der Waals surface area contributed by atoms with Crippen molar-refractivity contribution in [3.05, 3.63) is 16.8 Å². The van der Waals surface area contributed by atoms with Gasteiger partial charge in [0.05, 0.1) is 10.3 Å². The highest BCUT2D eigenvalue weighted by molar-refractivity contribution is 7.20. The van der Waals surface area contributed by atoms with Gasteiger partial charge in [0.2, 0.25) is 0 Å². The molecule has 1 saturated heterocycles. The van der Waals surface area contributed by atoms with Crippen LogP contribution in [0.1, 0.15) is 28.6 Å². The second-order valence-corrected chi connectivity index (χ2v) is 7.46. The minimum atomic E-state index is -0.0386. The van der Waals surface area contributed by atoms with E-state index in [0.29, 0.717) is 13.2 Å². The molecule has 1 aliphatic heterocycles. The van der Waals surface area contributed by atoms with Gasteiger partial charge in [0.15, 0.2) is 0 Å². The second kappa shape index (κ2) is 8.75. The van der Waals surface area contributed by atoms with Gasteiger partial charge in [-0.1, -0.05) is 6.92 Å². The van der Waals surface area contributed by atoms with Gasteiger partial charge in [-0.25, -0.2) is 9.97 Å². The molecule has 0 atom stereocenters. The third-order valence-electron chi connectivity index (χ3n) is 4.84. The highest BCUT2D eigenvalue weighted by atomic mass is 32.1. The van der Waals surface area contributed by atoms with E-state index in [2.05, 4.69) is 32.0 Å². The van der Waals surface area contributed by atoms with E-state index in [1.807, 2.05) is 6.92 Å². The Labute approximate surface area is 158 Å². The lowest BCUT2D eigenvalue weighted by atomic mass is 10.1. The van der Waals surface area contributed by atoms with Crippen LogP contribution in [-0.4, -0.2) is 73.8 Å². The molecule has 26 heavy (non-hydrogen) atoms. The van der Waals surface area contributed by atoms with Crippen molar-refractivity contribution in [2.45, 2.75) is 20.3 Å². The maximum atomic E-state index is 12.6. The zero-order valence-corrected chi connectivity index (χ0v) is 16.6. The molecule has 7 nitrogen and oxygen atoms in total. The summed E-state index contributed by atoms with van der Waals surface area (Å²) in [5.74, 6) is 0.918. The van der Waals surface area contributed by atoms with E-state index < -0.39 is 0 Å². The molecule has 1 fully saturated rings. The van der Waals surface area contributed by atoms with Crippen LogP contribution in [0.2, 0.25) is 0 Å². The summed E-state index contributed by atoms with van der Waals surface area (Å²) in [6, 6.07) is 0. The van der Waals surface area contributed by atoms with Crippen molar-refractivity contribution in [3.63, 3.8) is 0 Å². The monoisotopic (exact) mass is 377 g/mol. The molecule has 8 heteroatoms. The molecule has 1 N–H and O–H groups in total. The fourth-order valence-electron chi connectivity index (χ4n) is 3.28. The van der Waals surface area contributed by atoms with Gasteiger partial charge in [-0.05, 0) is 25.5 Å². The molecule has 142 valence electrons. The van der Waals surface area contributed by atoms with Gasteiger partial charge in [0.25, 0.3) is 5.91 Å². The predicted octanol–water partition coefficient (Wildman–Crippen LogP) is 1.91. The highest BCUT2D eigenvalue weighted by Crippen LogP contribution is 2.35. The number of nitrogens with one attached hydrogen (secondary N) is 1. The molecule has 0 aromatic carbocycles. The summed E-state index contributed by atoms with van der Waals surface area (Å²) in [5, 5.41) is 3.99. The maximum absolute atomic E-state index is 12.6. The first kappa shape index (κ1) is 19.0. The number of ether oxygens (including phenoxy) is 1. The molecular weight excluding hydrogens is 350 g/mol. The number of nitrogens with zero attached hydrogens (tertiary/aromatic N) is 4. The molecule has 2 aromatic rings. The number of amides is 1. The minimum absolute atomic E-state index is 0.0386. The van der Waals surface area contributed by atoms with E-state index in [-0.39, 0.29) is 5.91 Å². The molecule has 0 radical (unpaired) electrons. The number of hydrogen-bond acceptors (Lipinski definition) is 7. The fraction of sp³-hybridized carbons (Fsp3) is 0.611. The Bertz CT molecular complexity index is 755. The fourth-order valence-corrected chi connectivity index (χ4v) is 4.34. The van der Waals surface area contributed by atoms with Crippen molar-refractivity contribution < 1.29 is 9.53 Å². The van der Waals surface area contributed by atoms with Gasteiger partial charge < -0.3 is 19.9 Å². The Morgan fingerprint density at radius 3 is 2.77 bits per heavy atom. The van der Waals surface area contributed by atoms with Crippen LogP contribution in [0.15, 0.2) is 6.33 Å². The van der Waals surface area contributed by atoms with Crippen molar-refractivity contribution in [1.29, 1.82) is 0 Å². The number of carbonyl (C=O) groups is 1. The Morgan fingerprint density at radius 1 is 1.31 bits per heavy atom. The Hall–Kier alpha value is -1.77. The molecular formula is C18H27N5O2S. The van der Waals surface area contributed by atoms with Crippen LogP contribution in [0.25, 0.3) is 10.2 Å². The van der Waals surface area contributed by atoms with Gasteiger partial charge >= 0.3 is 0 Å². The number of anilines is 1. The average molecular weight is 378 g/mol. The number of hydrogen-bond donors (Lipinski definition) is 1. The van der Waals surface area contributed by atoms with Crippen molar-refractivity contribution in [2.75, 3.05) is 57.9 Å². The van der Waals surface area contributed by atoms with E-state index in [9.17, 15) is 4.79 Å². The largest absolute Gasteiger partial charge is 0.385 e. The molecule has 0 bridgehead atoms. The molecule has 1 amide bonds. The minimum Gasteiger partial charge on any atom is -0.385 e. The first-order chi connectivity index (χ1) is 12.7. The lowest BCUT2D eigenvalue weighted by Gasteiger charge is -2.35. The first-order valence-electron chi connectivity index (χ1n) is 9.14. The Morgan fingerprint density at radius 2 is 2.08 bits per heavy atom. The Balaban J connectivity index is 1.81. The summed E-state index contributed by atoms with van der Waals surface area (Å²) < 4.78 is 5.02. The smallest absolute Gasteiger partial charge is 0.261 e. The second-order valence-electron chi connectivity index (χ2n) is 6.46. The topological polar surface area (TPSA) is 70.6 Å². The number of rotatable bonds is 7. The van der Waals surface area contributed by atoms with Crippen molar-refractivity contribution >= 4 is 33.3 Å². The molecule has 0 unspecified atom stereocenters. The van der Waals surface area contributed by atoms with Gasteiger partial charge in [0.1, 0.15) is 17.0 Å².